The Balaban J connectivity index is 1.94. The summed E-state index contributed by atoms with van der Waals surface area (Å²) < 4.78 is 29.3. The molecule has 12 heteroatoms. The zero-order chi connectivity index (χ0) is 35.2. The molecule has 258 valence electrons. The number of carbonyl (C=O) groups is 3. The van der Waals surface area contributed by atoms with Gasteiger partial charge in [0.25, 0.3) is 0 Å². The predicted octanol–water partition coefficient (Wildman–Crippen LogP) is 4.55. The first-order valence-corrected chi connectivity index (χ1v) is 16.1. The number of hydrogen-bond donors (Lipinski definition) is 2. The number of esters is 1. The van der Waals surface area contributed by atoms with Gasteiger partial charge < -0.3 is 33.9 Å². The van der Waals surface area contributed by atoms with Gasteiger partial charge in [0.05, 0.1) is 24.9 Å². The molecule has 1 heterocycles. The molecule has 2 atom stereocenters. The molecule has 0 aromatic heterocycles. The number of nitrogens with zero attached hydrogens (tertiary/aromatic N) is 1. The number of carbonyl (C=O) groups excluding carboxylic acids is 3. The second-order valence-corrected chi connectivity index (χ2v) is 13.9. The van der Waals surface area contributed by atoms with Crippen LogP contribution in [0.15, 0.2) is 42.5 Å². The molecule has 1 fully saturated rings. The summed E-state index contributed by atoms with van der Waals surface area (Å²) in [6.45, 7) is 15.3. The third-order valence-electron chi connectivity index (χ3n) is 8.40. The molecule has 0 bridgehead atoms. The molecule has 0 aliphatic carbocycles. The van der Waals surface area contributed by atoms with Crippen LogP contribution in [0.4, 0.5) is 4.79 Å². The summed E-state index contributed by atoms with van der Waals surface area (Å²) in [5, 5.41) is 12.6. The van der Waals surface area contributed by atoms with E-state index in [1.165, 1.54) is 24.1 Å². The van der Waals surface area contributed by atoms with Crippen molar-refractivity contribution < 1.29 is 43.0 Å². The number of phenols is 1. The molecule has 2 aromatic rings. The predicted molar refractivity (Wildman–Crippen MR) is 180 cm³/mol. The van der Waals surface area contributed by atoms with E-state index in [-0.39, 0.29) is 25.2 Å². The Bertz CT molecular complexity index is 1370. The van der Waals surface area contributed by atoms with Crippen molar-refractivity contribution in [2.45, 2.75) is 110 Å². The third kappa shape index (κ3) is 10.1. The number of unbranched alkanes of at least 4 members (excludes halogenated alkanes) is 1. The van der Waals surface area contributed by atoms with E-state index in [1.54, 1.807) is 46.1 Å². The SMILES string of the molecule is CCCCOC(=O)[C@H](Cc1ccc(OC)c(B2OC(C)(C)C(C)(C)O2)c1)NC(=O)[C@H](Cc1ccc(O)cc1)N(C)C(=O)OC(C)(C)C. The van der Waals surface area contributed by atoms with Crippen LogP contribution in [0.2, 0.25) is 0 Å². The number of hydrogen-bond acceptors (Lipinski definition) is 9. The molecule has 0 unspecified atom stereocenters. The monoisotopic (exact) mass is 654 g/mol. The van der Waals surface area contributed by atoms with Gasteiger partial charge in [0.2, 0.25) is 5.91 Å². The minimum absolute atomic E-state index is 0.0736. The molecule has 3 rings (SSSR count). The fraction of sp³-hybridized carbons (Fsp3) is 0.571. The van der Waals surface area contributed by atoms with Gasteiger partial charge in [-0.25, -0.2) is 9.59 Å². The maximum atomic E-state index is 14.0. The lowest BCUT2D eigenvalue weighted by Gasteiger charge is -2.32. The van der Waals surface area contributed by atoms with Crippen molar-refractivity contribution >= 4 is 30.6 Å². The Morgan fingerprint density at radius 3 is 2.13 bits per heavy atom. The average molecular weight is 655 g/mol. The number of aromatic hydroxyl groups is 1. The molecule has 0 spiro atoms. The van der Waals surface area contributed by atoms with Gasteiger partial charge in [-0.2, -0.15) is 0 Å². The quantitative estimate of drug-likeness (QED) is 0.181. The summed E-state index contributed by atoms with van der Waals surface area (Å²) in [5.41, 5.74) is 0.116. The number of methoxy groups -OCH3 is 1. The van der Waals surface area contributed by atoms with Crippen molar-refractivity contribution in [3.8, 4) is 11.5 Å². The van der Waals surface area contributed by atoms with E-state index in [9.17, 15) is 19.5 Å². The summed E-state index contributed by atoms with van der Waals surface area (Å²) in [4.78, 5) is 41.8. The smallest absolute Gasteiger partial charge is 0.498 e. The fourth-order valence-electron chi connectivity index (χ4n) is 4.90. The molecule has 1 saturated heterocycles. The highest BCUT2D eigenvalue weighted by atomic mass is 16.7. The van der Waals surface area contributed by atoms with Crippen LogP contribution in [0, 0.1) is 0 Å². The average Bonchev–Trinajstić information content (AvgIpc) is 3.21. The number of benzene rings is 2. The van der Waals surface area contributed by atoms with Crippen LogP contribution in [0.25, 0.3) is 0 Å². The lowest BCUT2D eigenvalue weighted by Crippen LogP contribution is -2.54. The Kier molecular flexibility index (Phi) is 12.4. The highest BCUT2D eigenvalue weighted by Crippen LogP contribution is 2.37. The molecule has 11 nitrogen and oxygen atoms in total. The maximum Gasteiger partial charge on any atom is 0.498 e. The first-order valence-electron chi connectivity index (χ1n) is 16.1. The first-order chi connectivity index (χ1) is 21.9. The van der Waals surface area contributed by atoms with Crippen molar-refractivity contribution in [1.82, 2.24) is 10.2 Å². The zero-order valence-corrected chi connectivity index (χ0v) is 29.5. The number of likely N-dealkylation sites (N-methyl/N-ethyl adjacent to an activating group) is 1. The van der Waals surface area contributed by atoms with Crippen LogP contribution in [0.1, 0.15) is 79.4 Å². The molecule has 0 radical (unpaired) electrons. The summed E-state index contributed by atoms with van der Waals surface area (Å²) in [6.07, 6.45) is 1.01. The Labute approximate surface area is 279 Å². The number of rotatable bonds is 13. The zero-order valence-electron chi connectivity index (χ0n) is 29.5. The van der Waals surface area contributed by atoms with E-state index in [1.807, 2.05) is 46.8 Å². The molecule has 2 N–H and O–H groups in total. The van der Waals surface area contributed by atoms with Crippen molar-refractivity contribution in [2.24, 2.45) is 0 Å². The van der Waals surface area contributed by atoms with E-state index in [0.717, 1.165) is 6.42 Å². The summed E-state index contributed by atoms with van der Waals surface area (Å²) in [5.74, 6) is -0.525. The van der Waals surface area contributed by atoms with Gasteiger partial charge in [0, 0.05) is 25.4 Å². The Hall–Kier alpha value is -3.77. The summed E-state index contributed by atoms with van der Waals surface area (Å²) >= 11 is 0. The lowest BCUT2D eigenvalue weighted by atomic mass is 9.77. The lowest BCUT2D eigenvalue weighted by molar-refractivity contribution is -0.148. The second-order valence-electron chi connectivity index (χ2n) is 13.9. The van der Waals surface area contributed by atoms with Gasteiger partial charge in [0.1, 0.15) is 29.2 Å². The van der Waals surface area contributed by atoms with Crippen LogP contribution in [-0.4, -0.2) is 84.7 Å². The molecular formula is C35H51BN2O9. The molecule has 1 aliphatic heterocycles. The minimum atomic E-state index is -1.08. The van der Waals surface area contributed by atoms with Gasteiger partial charge in [-0.1, -0.05) is 37.6 Å². The normalized spacial score (nSPS) is 16.6. The van der Waals surface area contributed by atoms with Crippen LogP contribution >= 0.6 is 0 Å². The minimum Gasteiger partial charge on any atom is -0.508 e. The van der Waals surface area contributed by atoms with Crippen LogP contribution in [-0.2, 0) is 41.2 Å². The van der Waals surface area contributed by atoms with Crippen molar-refractivity contribution in [2.75, 3.05) is 20.8 Å². The second kappa shape index (κ2) is 15.4. The van der Waals surface area contributed by atoms with E-state index in [2.05, 4.69) is 5.32 Å². The van der Waals surface area contributed by atoms with E-state index >= 15 is 0 Å². The van der Waals surface area contributed by atoms with Crippen LogP contribution in [0.5, 0.6) is 11.5 Å². The molecular weight excluding hydrogens is 603 g/mol. The number of ether oxygens (including phenoxy) is 3. The van der Waals surface area contributed by atoms with Crippen LogP contribution < -0.4 is 15.5 Å². The fourth-order valence-corrected chi connectivity index (χ4v) is 4.90. The third-order valence-corrected chi connectivity index (χ3v) is 8.40. The topological polar surface area (TPSA) is 133 Å². The Morgan fingerprint density at radius 2 is 1.57 bits per heavy atom. The number of nitrogens with one attached hydrogen (secondary N) is 1. The molecule has 1 aliphatic rings. The van der Waals surface area contributed by atoms with Gasteiger partial charge in [0.15, 0.2) is 0 Å². The number of amides is 2. The summed E-state index contributed by atoms with van der Waals surface area (Å²) in [7, 11) is 2.33. The van der Waals surface area contributed by atoms with Crippen molar-refractivity contribution in [1.29, 1.82) is 0 Å². The highest BCUT2D eigenvalue weighted by Gasteiger charge is 2.52. The maximum absolute atomic E-state index is 14.0. The van der Waals surface area contributed by atoms with E-state index in [4.69, 9.17) is 23.5 Å². The molecule has 47 heavy (non-hydrogen) atoms. The summed E-state index contributed by atoms with van der Waals surface area (Å²) in [6, 6.07) is 9.67. The molecule has 2 aromatic carbocycles. The van der Waals surface area contributed by atoms with Gasteiger partial charge in [-0.05, 0) is 84.2 Å². The van der Waals surface area contributed by atoms with Crippen molar-refractivity contribution in [3.63, 3.8) is 0 Å². The standard InChI is InChI=1S/C35H51BN2O9/c1-11-12-19-44-31(41)27(21-24-15-18-29(43-10)26(20-24)36-46-34(5,6)35(7,8)47-36)37-30(40)28(22-23-13-16-25(39)17-14-23)38(9)32(42)45-33(2,3)4/h13-18,20,27-28,39H,11-12,19,21-22H2,1-10H3,(H,37,40)/t27-,28-/m0/s1. The Morgan fingerprint density at radius 1 is 0.979 bits per heavy atom. The van der Waals surface area contributed by atoms with Gasteiger partial charge in [-0.3, -0.25) is 9.69 Å². The highest BCUT2D eigenvalue weighted by molar-refractivity contribution is 6.63. The van der Waals surface area contributed by atoms with E-state index < -0.39 is 54.0 Å². The largest absolute Gasteiger partial charge is 0.508 e. The van der Waals surface area contributed by atoms with Crippen molar-refractivity contribution in [3.05, 3.63) is 53.6 Å². The van der Waals surface area contributed by atoms with Gasteiger partial charge >= 0.3 is 19.2 Å². The first kappa shape index (κ1) is 37.7. The molecule has 0 saturated carbocycles. The van der Waals surface area contributed by atoms with Gasteiger partial charge in [-0.15, -0.1) is 0 Å². The van der Waals surface area contributed by atoms with E-state index in [0.29, 0.717) is 28.8 Å². The number of phenolic OH excluding ortho intramolecular Hbond substituents is 1. The molecule has 2 amide bonds. The van der Waals surface area contributed by atoms with Crippen LogP contribution in [0.3, 0.4) is 0 Å².